The molecule has 1 saturated heterocycles. The monoisotopic (exact) mass is 456 g/mol. The van der Waals surface area contributed by atoms with E-state index in [2.05, 4.69) is 19.9 Å². The van der Waals surface area contributed by atoms with E-state index in [1.807, 2.05) is 17.9 Å². The Morgan fingerprint density at radius 3 is 2.91 bits per heavy atom. The molecule has 1 aromatic carbocycles. The van der Waals surface area contributed by atoms with E-state index in [4.69, 9.17) is 4.98 Å². The van der Waals surface area contributed by atoms with Gasteiger partial charge in [-0.2, -0.15) is 0 Å². The zero-order chi connectivity index (χ0) is 23.5. The van der Waals surface area contributed by atoms with Crippen LogP contribution < -0.4 is 0 Å². The summed E-state index contributed by atoms with van der Waals surface area (Å²) in [6.07, 6.45) is 9.19. The number of nitrogens with one attached hydrogen (secondary N) is 1. The first-order valence-corrected chi connectivity index (χ1v) is 11.4. The van der Waals surface area contributed by atoms with Crippen molar-refractivity contribution in [1.82, 2.24) is 29.8 Å². The number of amides is 1. The summed E-state index contributed by atoms with van der Waals surface area (Å²) in [5, 5.41) is 0. The van der Waals surface area contributed by atoms with E-state index in [-0.39, 0.29) is 17.6 Å². The van der Waals surface area contributed by atoms with Crippen molar-refractivity contribution in [2.24, 2.45) is 0 Å². The molecule has 0 radical (unpaired) electrons. The van der Waals surface area contributed by atoms with E-state index in [1.54, 1.807) is 43.0 Å². The SMILES string of the molecule is Cc1cnc(-c2cncc([C@H]3CCCN(C(=O)c4ccnc(Cc5cccc(F)c5)c4)C3)n2)[nH]1. The standard InChI is InChI=1S/C26H25FN6O/c1-17-13-30-25(31-17)24-15-28-14-23(32-24)20-5-3-9-33(16-20)26(34)19-7-8-29-22(12-19)11-18-4-2-6-21(27)10-18/h2,4,6-8,10,12-15,20H,3,5,9,11,16H2,1H3,(H,30,31)/t20-/m0/s1. The Morgan fingerprint density at radius 2 is 2.09 bits per heavy atom. The van der Waals surface area contributed by atoms with Gasteiger partial charge in [-0.25, -0.2) is 14.4 Å². The molecule has 1 aliphatic rings. The average molecular weight is 457 g/mol. The van der Waals surface area contributed by atoms with Crippen LogP contribution in [0.15, 0.2) is 61.2 Å². The number of hydrogen-bond donors (Lipinski definition) is 1. The average Bonchev–Trinajstić information content (AvgIpc) is 3.30. The van der Waals surface area contributed by atoms with Crippen LogP contribution in [-0.2, 0) is 6.42 Å². The summed E-state index contributed by atoms with van der Waals surface area (Å²) in [5.41, 5.74) is 4.67. The summed E-state index contributed by atoms with van der Waals surface area (Å²) in [7, 11) is 0. The molecule has 3 aromatic heterocycles. The maximum atomic E-state index is 13.5. The molecule has 1 amide bonds. The second kappa shape index (κ2) is 9.51. The van der Waals surface area contributed by atoms with Crippen molar-refractivity contribution < 1.29 is 9.18 Å². The molecule has 0 bridgehead atoms. The van der Waals surface area contributed by atoms with Crippen molar-refractivity contribution in [1.29, 1.82) is 0 Å². The predicted octanol–water partition coefficient (Wildman–Crippen LogP) is 4.32. The van der Waals surface area contributed by atoms with Crippen LogP contribution in [0.3, 0.4) is 0 Å². The summed E-state index contributed by atoms with van der Waals surface area (Å²) < 4.78 is 13.5. The van der Waals surface area contributed by atoms with E-state index >= 15 is 0 Å². The predicted molar refractivity (Wildman–Crippen MR) is 126 cm³/mol. The van der Waals surface area contributed by atoms with Crippen LogP contribution in [0.1, 0.15) is 51.8 Å². The van der Waals surface area contributed by atoms with Crippen molar-refractivity contribution in [2.75, 3.05) is 13.1 Å². The van der Waals surface area contributed by atoms with Crippen molar-refractivity contribution >= 4 is 5.91 Å². The molecule has 7 nitrogen and oxygen atoms in total. The lowest BCUT2D eigenvalue weighted by Crippen LogP contribution is -2.39. The lowest BCUT2D eigenvalue weighted by Gasteiger charge is -2.32. The number of aromatic amines is 1. The van der Waals surface area contributed by atoms with Crippen molar-refractivity contribution in [2.45, 2.75) is 32.1 Å². The minimum atomic E-state index is -0.279. The number of piperidine rings is 1. The van der Waals surface area contributed by atoms with E-state index in [0.29, 0.717) is 36.6 Å². The molecule has 1 fully saturated rings. The summed E-state index contributed by atoms with van der Waals surface area (Å²) in [6, 6.07) is 9.98. The molecule has 172 valence electrons. The minimum Gasteiger partial charge on any atom is -0.341 e. The van der Waals surface area contributed by atoms with Gasteiger partial charge in [-0.05, 0) is 49.6 Å². The third-order valence-corrected chi connectivity index (χ3v) is 6.06. The number of hydrogen-bond acceptors (Lipinski definition) is 5. The second-order valence-corrected chi connectivity index (χ2v) is 8.68. The third-order valence-electron chi connectivity index (χ3n) is 6.06. The molecule has 0 spiro atoms. The molecular formula is C26H25FN6O. The molecule has 0 saturated carbocycles. The zero-order valence-electron chi connectivity index (χ0n) is 18.9. The van der Waals surface area contributed by atoms with Crippen LogP contribution in [0.2, 0.25) is 0 Å². The lowest BCUT2D eigenvalue weighted by molar-refractivity contribution is 0.0705. The molecule has 0 aliphatic carbocycles. The zero-order valence-corrected chi connectivity index (χ0v) is 18.9. The molecule has 1 atom stereocenters. The first-order chi connectivity index (χ1) is 16.5. The molecule has 1 N–H and O–H groups in total. The van der Waals surface area contributed by atoms with Gasteiger partial charge in [0.15, 0.2) is 5.82 Å². The number of imidazole rings is 1. The second-order valence-electron chi connectivity index (χ2n) is 8.68. The quantitative estimate of drug-likeness (QED) is 0.483. The van der Waals surface area contributed by atoms with Crippen LogP contribution in [0, 0.1) is 12.7 Å². The van der Waals surface area contributed by atoms with Gasteiger partial charge < -0.3 is 9.88 Å². The number of nitrogens with zero attached hydrogens (tertiary/aromatic N) is 5. The molecule has 4 heterocycles. The lowest BCUT2D eigenvalue weighted by atomic mass is 9.94. The molecule has 1 aliphatic heterocycles. The number of likely N-dealkylation sites (tertiary alicyclic amines) is 1. The van der Waals surface area contributed by atoms with E-state index in [0.717, 1.165) is 35.5 Å². The summed E-state index contributed by atoms with van der Waals surface area (Å²) in [4.78, 5) is 36.3. The number of rotatable bonds is 5. The Balaban J connectivity index is 1.31. The van der Waals surface area contributed by atoms with Crippen molar-refractivity contribution in [3.8, 4) is 11.5 Å². The highest BCUT2D eigenvalue weighted by molar-refractivity contribution is 5.94. The third kappa shape index (κ3) is 4.85. The maximum Gasteiger partial charge on any atom is 0.253 e. The van der Waals surface area contributed by atoms with Crippen LogP contribution in [0.25, 0.3) is 11.5 Å². The number of carbonyl (C=O) groups excluding carboxylic acids is 1. The number of aryl methyl sites for hydroxylation is 1. The fraction of sp³-hybridized carbons (Fsp3) is 0.269. The van der Waals surface area contributed by atoms with Gasteiger partial charge in [0.1, 0.15) is 11.5 Å². The smallest absolute Gasteiger partial charge is 0.253 e. The molecular weight excluding hydrogens is 431 g/mol. The number of benzene rings is 1. The molecule has 0 unspecified atom stereocenters. The van der Waals surface area contributed by atoms with Crippen LogP contribution in [-0.4, -0.2) is 48.8 Å². The highest BCUT2D eigenvalue weighted by Crippen LogP contribution is 2.27. The molecule has 4 aromatic rings. The normalized spacial score (nSPS) is 15.9. The van der Waals surface area contributed by atoms with E-state index in [1.165, 1.54) is 12.1 Å². The Morgan fingerprint density at radius 1 is 1.18 bits per heavy atom. The van der Waals surface area contributed by atoms with E-state index in [9.17, 15) is 9.18 Å². The highest BCUT2D eigenvalue weighted by Gasteiger charge is 2.27. The Bertz CT molecular complexity index is 1320. The number of carbonyl (C=O) groups is 1. The maximum absolute atomic E-state index is 13.5. The number of aromatic nitrogens is 5. The number of halogens is 1. The van der Waals surface area contributed by atoms with Crippen molar-refractivity contribution in [3.63, 3.8) is 0 Å². The highest BCUT2D eigenvalue weighted by atomic mass is 19.1. The Kier molecular flexibility index (Phi) is 6.12. The topological polar surface area (TPSA) is 87.7 Å². The van der Waals surface area contributed by atoms with Gasteiger partial charge in [0.2, 0.25) is 0 Å². The van der Waals surface area contributed by atoms with Gasteiger partial charge in [-0.3, -0.25) is 14.8 Å². The summed E-state index contributed by atoms with van der Waals surface area (Å²) in [5.74, 6) is 0.491. The summed E-state index contributed by atoms with van der Waals surface area (Å²) in [6.45, 7) is 3.22. The molecule has 5 rings (SSSR count). The van der Waals surface area contributed by atoms with Gasteiger partial charge in [0.05, 0.1) is 11.9 Å². The van der Waals surface area contributed by atoms with Crippen LogP contribution in [0.5, 0.6) is 0 Å². The van der Waals surface area contributed by atoms with Gasteiger partial charge in [-0.15, -0.1) is 0 Å². The Labute approximate surface area is 197 Å². The van der Waals surface area contributed by atoms with Gasteiger partial charge in [-0.1, -0.05) is 12.1 Å². The first kappa shape index (κ1) is 21.9. The number of H-pyrrole nitrogens is 1. The van der Waals surface area contributed by atoms with Gasteiger partial charge in [0.25, 0.3) is 5.91 Å². The van der Waals surface area contributed by atoms with Crippen molar-refractivity contribution in [3.05, 3.63) is 95.2 Å². The summed E-state index contributed by atoms with van der Waals surface area (Å²) >= 11 is 0. The largest absolute Gasteiger partial charge is 0.341 e. The van der Waals surface area contributed by atoms with Gasteiger partial charge in [0, 0.05) is 61.0 Å². The van der Waals surface area contributed by atoms with Crippen LogP contribution in [0.4, 0.5) is 4.39 Å². The van der Waals surface area contributed by atoms with Crippen LogP contribution >= 0.6 is 0 Å². The Hall–Kier alpha value is -3.94. The first-order valence-electron chi connectivity index (χ1n) is 11.4. The molecule has 8 heteroatoms. The fourth-order valence-corrected chi connectivity index (χ4v) is 4.38. The van der Waals surface area contributed by atoms with E-state index < -0.39 is 0 Å². The van der Waals surface area contributed by atoms with Gasteiger partial charge >= 0.3 is 0 Å². The number of pyridine rings is 1. The minimum absolute atomic E-state index is 0.0293. The molecule has 34 heavy (non-hydrogen) atoms. The fourth-order valence-electron chi connectivity index (χ4n) is 4.38.